The molecule has 0 saturated carbocycles. The van der Waals surface area contributed by atoms with Crippen LogP contribution in [0.15, 0.2) is 97.2 Å². The van der Waals surface area contributed by atoms with E-state index in [1.54, 1.807) is 0 Å². The van der Waals surface area contributed by atoms with Crippen LogP contribution in [0.2, 0.25) is 0 Å². The van der Waals surface area contributed by atoms with Gasteiger partial charge in [-0.1, -0.05) is 234 Å². The lowest BCUT2D eigenvalue weighted by Crippen LogP contribution is -2.47. The highest BCUT2D eigenvalue weighted by atomic mass is 31.2. The number of rotatable bonds is 50. The quantitative estimate of drug-likeness (QED) is 0.0161. The number of hydrogen-bond acceptors (Lipinski definition) is 7. The van der Waals surface area contributed by atoms with Crippen molar-refractivity contribution in [2.75, 3.05) is 40.9 Å². The van der Waals surface area contributed by atoms with Gasteiger partial charge in [-0.15, -0.1) is 0 Å². The summed E-state index contributed by atoms with van der Waals surface area (Å²) in [5, 5.41) is 3.00. The van der Waals surface area contributed by atoms with Gasteiger partial charge in [0, 0.05) is 12.8 Å². The number of phosphoric ester groups is 1. The Morgan fingerprint density at radius 2 is 0.915 bits per heavy atom. The fraction of sp³-hybridized carbons (Fsp3) is 0.705. The van der Waals surface area contributed by atoms with Crippen LogP contribution in [0, 0.1) is 0 Å². The molecule has 0 aliphatic rings. The van der Waals surface area contributed by atoms with Gasteiger partial charge in [0.25, 0.3) is 7.82 Å². The number of quaternary nitrogens is 1. The number of nitrogens with one attached hydrogen (secondary N) is 1. The van der Waals surface area contributed by atoms with E-state index in [9.17, 15) is 19.0 Å². The van der Waals surface area contributed by atoms with Gasteiger partial charge in [0.1, 0.15) is 19.3 Å². The van der Waals surface area contributed by atoms with Crippen LogP contribution in [-0.2, 0) is 27.9 Å². The largest absolute Gasteiger partial charge is 0.756 e. The molecule has 0 rings (SSSR count). The first kappa shape index (κ1) is 67.9. The number of likely N-dealkylation sites (N-methyl/N-ethyl adjacent to an activating group) is 1. The molecule has 0 aliphatic heterocycles. The minimum Gasteiger partial charge on any atom is -0.756 e. The molecule has 10 heteroatoms. The van der Waals surface area contributed by atoms with E-state index < -0.39 is 26.6 Å². The van der Waals surface area contributed by atoms with E-state index in [4.69, 9.17) is 13.8 Å². The molecule has 1 N–H and O–H groups in total. The lowest BCUT2D eigenvalue weighted by Gasteiger charge is -2.30. The molecule has 0 radical (unpaired) electrons. The Labute approximate surface area is 437 Å². The summed E-state index contributed by atoms with van der Waals surface area (Å²) in [6, 6.07) is -0.913. The van der Waals surface area contributed by atoms with Gasteiger partial charge in [-0.05, 0) is 76.7 Å². The molecule has 0 aliphatic carbocycles. The van der Waals surface area contributed by atoms with Crippen molar-refractivity contribution in [1.82, 2.24) is 5.32 Å². The Hall–Kier alpha value is -3.07. The monoisotopic (exact) mass is 1010 g/mol. The number of nitrogens with zero attached hydrogens (tertiary/aromatic N) is 1. The summed E-state index contributed by atoms with van der Waals surface area (Å²) < 4.78 is 30.2. The Morgan fingerprint density at radius 1 is 0.507 bits per heavy atom. The SMILES string of the molecule is CC\C=C/C=C/C=C/C=C\C=C\C=C\CCCCCC(=O)OC(/C=C/CCCCCCCCCCC)C(COP(=O)([O-])OCC[N+](C)(C)C)NC(=O)CCCCCCCCC/C=C/CCCCCCCC. The molecule has 71 heavy (non-hydrogen) atoms. The molecule has 9 nitrogen and oxygen atoms in total. The van der Waals surface area contributed by atoms with Crippen LogP contribution in [0.25, 0.3) is 0 Å². The molecule has 408 valence electrons. The number of carbonyl (C=O) groups is 2. The van der Waals surface area contributed by atoms with Gasteiger partial charge < -0.3 is 28.5 Å². The molecule has 0 bridgehead atoms. The molecule has 1 amide bonds. The van der Waals surface area contributed by atoms with Crippen LogP contribution in [0.4, 0.5) is 0 Å². The molecule has 0 fully saturated rings. The predicted octanol–water partition coefficient (Wildman–Crippen LogP) is 16.6. The maximum Gasteiger partial charge on any atom is 0.306 e. The van der Waals surface area contributed by atoms with Crippen LogP contribution in [-0.4, -0.2) is 69.4 Å². The lowest BCUT2D eigenvalue weighted by atomic mass is 10.1. The highest BCUT2D eigenvalue weighted by molar-refractivity contribution is 7.45. The number of hydrogen-bond donors (Lipinski definition) is 1. The van der Waals surface area contributed by atoms with Crippen molar-refractivity contribution in [3.05, 3.63) is 97.2 Å². The number of amides is 1. The molecule has 3 unspecified atom stereocenters. The highest BCUT2D eigenvalue weighted by Gasteiger charge is 2.27. The molecule has 3 atom stereocenters. The maximum absolute atomic E-state index is 13.5. The lowest BCUT2D eigenvalue weighted by molar-refractivity contribution is -0.870. The van der Waals surface area contributed by atoms with Gasteiger partial charge in [0.2, 0.25) is 5.91 Å². The smallest absolute Gasteiger partial charge is 0.306 e. The van der Waals surface area contributed by atoms with E-state index >= 15 is 0 Å². The van der Waals surface area contributed by atoms with Crippen LogP contribution in [0.5, 0.6) is 0 Å². The average molecular weight is 1010 g/mol. The number of carbonyl (C=O) groups excluding carboxylic acids is 2. The average Bonchev–Trinajstić information content (AvgIpc) is 3.33. The van der Waals surface area contributed by atoms with E-state index in [1.165, 1.54) is 109 Å². The van der Waals surface area contributed by atoms with Crippen LogP contribution >= 0.6 is 7.82 Å². The topological polar surface area (TPSA) is 114 Å². The first-order valence-electron chi connectivity index (χ1n) is 28.6. The van der Waals surface area contributed by atoms with E-state index in [0.29, 0.717) is 23.9 Å². The fourth-order valence-corrected chi connectivity index (χ4v) is 8.45. The van der Waals surface area contributed by atoms with Gasteiger partial charge in [-0.3, -0.25) is 14.2 Å². The van der Waals surface area contributed by atoms with E-state index in [-0.39, 0.29) is 24.9 Å². The molecular weight excluding hydrogens is 904 g/mol. The Morgan fingerprint density at radius 3 is 1.41 bits per heavy atom. The molecular formula is C61H107N2O7P. The number of unbranched alkanes of at least 4 members (excludes halogenated alkanes) is 25. The first-order valence-corrected chi connectivity index (χ1v) is 30.1. The predicted molar refractivity (Wildman–Crippen MR) is 302 cm³/mol. The summed E-state index contributed by atoms with van der Waals surface area (Å²) in [4.78, 5) is 39.8. The second kappa shape index (κ2) is 50.5. The number of esters is 1. The normalized spacial score (nSPS) is 14.5. The third-order valence-corrected chi connectivity index (χ3v) is 13.1. The van der Waals surface area contributed by atoms with Crippen LogP contribution in [0.1, 0.15) is 226 Å². The fourth-order valence-electron chi connectivity index (χ4n) is 7.72. The van der Waals surface area contributed by atoms with E-state index in [2.05, 4.69) is 50.4 Å². The molecule has 0 aromatic carbocycles. The Bertz CT molecular complexity index is 1540. The van der Waals surface area contributed by atoms with Crippen LogP contribution in [0.3, 0.4) is 0 Å². The van der Waals surface area contributed by atoms with Gasteiger partial charge in [0.05, 0.1) is 33.8 Å². The summed E-state index contributed by atoms with van der Waals surface area (Å²) in [5.74, 6) is -0.603. The minimum atomic E-state index is -4.71. The second-order valence-corrected chi connectivity index (χ2v) is 21.6. The van der Waals surface area contributed by atoms with Crippen LogP contribution < -0.4 is 10.2 Å². The first-order chi connectivity index (χ1) is 34.4. The summed E-state index contributed by atoms with van der Waals surface area (Å²) in [7, 11) is 1.14. The number of ether oxygens (including phenoxy) is 1. The molecule has 0 aromatic rings. The second-order valence-electron chi connectivity index (χ2n) is 20.2. The maximum atomic E-state index is 13.5. The van der Waals surface area contributed by atoms with Crippen molar-refractivity contribution >= 4 is 19.7 Å². The van der Waals surface area contributed by atoms with E-state index in [1.807, 2.05) is 94.1 Å². The molecule has 0 spiro atoms. The third kappa shape index (κ3) is 51.6. The molecule has 0 saturated heterocycles. The van der Waals surface area contributed by atoms with Crippen molar-refractivity contribution in [3.8, 4) is 0 Å². The van der Waals surface area contributed by atoms with E-state index in [0.717, 1.165) is 77.0 Å². The molecule has 0 heterocycles. The summed E-state index contributed by atoms with van der Waals surface area (Å²) >= 11 is 0. The highest BCUT2D eigenvalue weighted by Crippen LogP contribution is 2.38. The van der Waals surface area contributed by atoms with Gasteiger partial charge >= 0.3 is 5.97 Å². The standard InChI is InChI=1S/C61H107N2O7P/c1-7-10-13-16-19-22-25-27-29-31-33-35-38-41-44-47-50-53-60(64)62-58(57-69-71(66,67)68-56-55-63(4,5)6)59(52-49-46-43-40-37-24-21-18-15-12-9-3)70-61(65)54-51-48-45-42-39-36-34-32-30-28-26-23-20-17-14-11-8-2/h11,14,17,20,23,26-30,32,34,36,39,49,52,58-59H,7-10,12-13,15-16,18-19,21-22,24-25,31,33,35,37-38,40-48,50-51,53-57H2,1-6H3,(H-,62,64,66,67)/b14-11-,20-17+,26-23+,29-27+,30-28-,34-32+,39-36+,52-49+. The number of allylic oxidation sites excluding steroid dienone is 15. The summed E-state index contributed by atoms with van der Waals surface area (Å²) in [5.41, 5.74) is 0. The summed E-state index contributed by atoms with van der Waals surface area (Å²) in [6.07, 6.45) is 66.5. The minimum absolute atomic E-state index is 0.0354. The van der Waals surface area contributed by atoms with Crippen molar-refractivity contribution in [1.29, 1.82) is 0 Å². The Balaban J connectivity index is 5.42. The Kier molecular flexibility index (Phi) is 48.3. The zero-order valence-electron chi connectivity index (χ0n) is 46.4. The summed E-state index contributed by atoms with van der Waals surface area (Å²) in [6.45, 7) is 6.64. The van der Waals surface area contributed by atoms with Crippen molar-refractivity contribution < 1.29 is 37.3 Å². The van der Waals surface area contributed by atoms with Crippen molar-refractivity contribution in [2.45, 2.75) is 238 Å². The zero-order chi connectivity index (χ0) is 52.2. The zero-order valence-corrected chi connectivity index (χ0v) is 47.3. The van der Waals surface area contributed by atoms with Gasteiger partial charge in [-0.25, -0.2) is 0 Å². The van der Waals surface area contributed by atoms with Gasteiger partial charge in [0.15, 0.2) is 0 Å². The van der Waals surface area contributed by atoms with Crippen molar-refractivity contribution in [2.24, 2.45) is 0 Å². The number of phosphoric acid groups is 1. The third-order valence-electron chi connectivity index (χ3n) is 12.2. The van der Waals surface area contributed by atoms with Gasteiger partial charge in [-0.2, -0.15) is 0 Å². The molecule has 0 aromatic heterocycles. The van der Waals surface area contributed by atoms with Crippen molar-refractivity contribution in [3.63, 3.8) is 0 Å².